The number of hydrogen-bond donors (Lipinski definition) is 1. The van der Waals surface area contributed by atoms with Crippen molar-refractivity contribution in [3.8, 4) is 0 Å². The summed E-state index contributed by atoms with van der Waals surface area (Å²) in [5, 5.41) is 3.99. The van der Waals surface area contributed by atoms with E-state index in [1.807, 2.05) is 30.3 Å². The quantitative estimate of drug-likeness (QED) is 0.769. The molecule has 0 fully saturated rings. The van der Waals surface area contributed by atoms with Crippen LogP contribution in [0.25, 0.3) is 0 Å². The summed E-state index contributed by atoms with van der Waals surface area (Å²) < 4.78 is 0. The van der Waals surface area contributed by atoms with Crippen LogP contribution in [-0.2, 0) is 0 Å². The lowest BCUT2D eigenvalue weighted by molar-refractivity contribution is 0.473. The Bertz CT molecular complexity index is 281. The lowest BCUT2D eigenvalue weighted by Crippen LogP contribution is -2.34. The smallest absolute Gasteiger partial charge is 0.173 e. The fraction of sp³-hybridized carbons (Fsp3) is 0.364. The van der Waals surface area contributed by atoms with E-state index >= 15 is 0 Å². The van der Waals surface area contributed by atoms with Gasteiger partial charge in [-0.05, 0) is 38.2 Å². The molecule has 0 atom stereocenters. The van der Waals surface area contributed by atoms with E-state index in [-0.39, 0.29) is 0 Å². The molecule has 0 spiro atoms. The number of benzene rings is 1. The Balaban J connectivity index is 2.57. The highest BCUT2D eigenvalue weighted by atomic mass is 32.1. The Kier molecular flexibility index (Phi) is 4.40. The summed E-state index contributed by atoms with van der Waals surface area (Å²) in [7, 11) is 0. The molecule has 76 valence electrons. The molecule has 0 heterocycles. The summed E-state index contributed by atoms with van der Waals surface area (Å²) >= 11 is 5.27. The predicted octanol–water partition coefficient (Wildman–Crippen LogP) is 2.73. The van der Waals surface area contributed by atoms with E-state index in [2.05, 4.69) is 24.1 Å². The van der Waals surface area contributed by atoms with Gasteiger partial charge in [-0.25, -0.2) is 0 Å². The van der Waals surface area contributed by atoms with Gasteiger partial charge in [0.15, 0.2) is 5.11 Å². The number of nitrogens with zero attached hydrogens (tertiary/aromatic N) is 1. The van der Waals surface area contributed by atoms with Crippen molar-refractivity contribution in [2.45, 2.75) is 13.8 Å². The second-order valence-electron chi connectivity index (χ2n) is 2.97. The molecule has 0 saturated heterocycles. The topological polar surface area (TPSA) is 15.3 Å². The van der Waals surface area contributed by atoms with Gasteiger partial charge in [0.1, 0.15) is 0 Å². The van der Waals surface area contributed by atoms with Crippen LogP contribution < -0.4 is 5.32 Å². The van der Waals surface area contributed by atoms with Crippen LogP contribution in [0, 0.1) is 0 Å². The van der Waals surface area contributed by atoms with Crippen molar-refractivity contribution < 1.29 is 0 Å². The van der Waals surface area contributed by atoms with Crippen molar-refractivity contribution in [1.82, 2.24) is 4.90 Å². The Labute approximate surface area is 90.9 Å². The number of para-hydroxylation sites is 1. The molecule has 0 aliphatic rings. The highest BCUT2D eigenvalue weighted by Gasteiger charge is 2.03. The summed E-state index contributed by atoms with van der Waals surface area (Å²) in [6, 6.07) is 10.00. The van der Waals surface area contributed by atoms with Crippen LogP contribution in [0.1, 0.15) is 13.8 Å². The van der Waals surface area contributed by atoms with E-state index in [9.17, 15) is 0 Å². The fourth-order valence-electron chi connectivity index (χ4n) is 1.23. The molecule has 0 bridgehead atoms. The summed E-state index contributed by atoms with van der Waals surface area (Å²) in [4.78, 5) is 2.11. The van der Waals surface area contributed by atoms with E-state index in [1.165, 1.54) is 0 Å². The minimum atomic E-state index is 0.793. The normalized spacial score (nSPS) is 9.57. The van der Waals surface area contributed by atoms with Crippen LogP contribution in [0.15, 0.2) is 30.3 Å². The maximum Gasteiger partial charge on any atom is 0.173 e. The molecular weight excluding hydrogens is 192 g/mol. The Morgan fingerprint density at radius 2 is 1.79 bits per heavy atom. The van der Waals surface area contributed by atoms with Crippen molar-refractivity contribution in [2.75, 3.05) is 18.4 Å². The summed E-state index contributed by atoms with van der Waals surface area (Å²) in [5.74, 6) is 0. The van der Waals surface area contributed by atoms with Crippen LogP contribution in [0.3, 0.4) is 0 Å². The highest BCUT2D eigenvalue weighted by molar-refractivity contribution is 7.80. The van der Waals surface area contributed by atoms with Crippen molar-refractivity contribution in [3.05, 3.63) is 30.3 Å². The zero-order chi connectivity index (χ0) is 10.4. The predicted molar refractivity (Wildman–Crippen MR) is 65.6 cm³/mol. The fourth-order valence-corrected chi connectivity index (χ4v) is 1.61. The third-order valence-electron chi connectivity index (χ3n) is 2.08. The van der Waals surface area contributed by atoms with Gasteiger partial charge >= 0.3 is 0 Å². The maximum atomic E-state index is 5.27. The molecule has 0 radical (unpaired) electrons. The average molecular weight is 208 g/mol. The van der Waals surface area contributed by atoms with Crippen molar-refractivity contribution in [1.29, 1.82) is 0 Å². The number of rotatable bonds is 3. The van der Waals surface area contributed by atoms with Gasteiger partial charge in [-0.2, -0.15) is 0 Å². The van der Waals surface area contributed by atoms with Crippen LogP contribution in [0.2, 0.25) is 0 Å². The molecular formula is C11H16N2S. The molecule has 0 saturated carbocycles. The van der Waals surface area contributed by atoms with Crippen LogP contribution in [0.5, 0.6) is 0 Å². The average Bonchev–Trinajstić information content (AvgIpc) is 2.21. The number of nitrogens with one attached hydrogen (secondary N) is 1. The van der Waals surface area contributed by atoms with Crippen LogP contribution in [0.4, 0.5) is 5.69 Å². The van der Waals surface area contributed by atoms with E-state index in [0.29, 0.717) is 0 Å². The minimum absolute atomic E-state index is 0.793. The summed E-state index contributed by atoms with van der Waals surface area (Å²) in [5.41, 5.74) is 1.05. The molecule has 1 aromatic carbocycles. The monoisotopic (exact) mass is 208 g/mol. The summed E-state index contributed by atoms with van der Waals surface area (Å²) in [6.45, 7) is 6.08. The lowest BCUT2D eigenvalue weighted by Gasteiger charge is -2.22. The van der Waals surface area contributed by atoms with Gasteiger partial charge in [0.05, 0.1) is 0 Å². The first-order chi connectivity index (χ1) is 6.77. The lowest BCUT2D eigenvalue weighted by atomic mass is 10.3. The molecule has 14 heavy (non-hydrogen) atoms. The van der Waals surface area contributed by atoms with Gasteiger partial charge in [-0.3, -0.25) is 0 Å². The Hall–Kier alpha value is -1.09. The van der Waals surface area contributed by atoms with Crippen LogP contribution in [-0.4, -0.2) is 23.1 Å². The van der Waals surface area contributed by atoms with Gasteiger partial charge in [-0.15, -0.1) is 0 Å². The third kappa shape index (κ3) is 3.00. The number of thiocarbonyl (C=S) groups is 1. The second-order valence-corrected chi connectivity index (χ2v) is 3.36. The third-order valence-corrected chi connectivity index (χ3v) is 2.44. The first kappa shape index (κ1) is 11.0. The SMILES string of the molecule is CCN(CC)C(=S)Nc1ccccc1. The first-order valence-corrected chi connectivity index (χ1v) is 5.29. The zero-order valence-electron chi connectivity index (χ0n) is 8.66. The molecule has 0 unspecified atom stereocenters. The summed E-state index contributed by atoms with van der Waals surface area (Å²) in [6.07, 6.45) is 0. The zero-order valence-corrected chi connectivity index (χ0v) is 9.47. The van der Waals surface area contributed by atoms with Gasteiger partial charge < -0.3 is 10.2 Å². The molecule has 1 aromatic rings. The van der Waals surface area contributed by atoms with Gasteiger partial charge in [0.2, 0.25) is 0 Å². The molecule has 1 rings (SSSR count). The van der Waals surface area contributed by atoms with Gasteiger partial charge in [0, 0.05) is 18.8 Å². The molecule has 1 N–H and O–H groups in total. The number of anilines is 1. The van der Waals surface area contributed by atoms with E-state index in [1.54, 1.807) is 0 Å². The second kappa shape index (κ2) is 5.60. The van der Waals surface area contributed by atoms with Crippen molar-refractivity contribution >= 4 is 23.0 Å². The molecule has 0 aromatic heterocycles. The molecule has 3 heteroatoms. The largest absolute Gasteiger partial charge is 0.350 e. The highest BCUT2D eigenvalue weighted by Crippen LogP contribution is 2.06. The minimum Gasteiger partial charge on any atom is -0.350 e. The van der Waals surface area contributed by atoms with E-state index in [4.69, 9.17) is 12.2 Å². The molecule has 0 aliphatic carbocycles. The molecule has 0 aliphatic heterocycles. The standard InChI is InChI=1S/C11H16N2S/c1-3-13(4-2)11(14)12-10-8-6-5-7-9-10/h5-9H,3-4H2,1-2H3,(H,12,14). The molecule has 0 amide bonds. The van der Waals surface area contributed by atoms with E-state index < -0.39 is 0 Å². The van der Waals surface area contributed by atoms with Crippen molar-refractivity contribution in [2.24, 2.45) is 0 Å². The van der Waals surface area contributed by atoms with Gasteiger partial charge in [0.25, 0.3) is 0 Å². The van der Waals surface area contributed by atoms with E-state index in [0.717, 1.165) is 23.9 Å². The maximum absolute atomic E-state index is 5.27. The van der Waals surface area contributed by atoms with Crippen LogP contribution >= 0.6 is 12.2 Å². The first-order valence-electron chi connectivity index (χ1n) is 4.89. The van der Waals surface area contributed by atoms with Gasteiger partial charge in [-0.1, -0.05) is 18.2 Å². The Morgan fingerprint density at radius 1 is 1.21 bits per heavy atom. The van der Waals surface area contributed by atoms with Crippen molar-refractivity contribution in [3.63, 3.8) is 0 Å². The molecule has 2 nitrogen and oxygen atoms in total. The number of hydrogen-bond acceptors (Lipinski definition) is 1. The Morgan fingerprint density at radius 3 is 2.29 bits per heavy atom.